The van der Waals surface area contributed by atoms with Crippen molar-refractivity contribution in [1.82, 2.24) is 4.90 Å². The second-order valence-electron chi connectivity index (χ2n) is 7.09. The van der Waals surface area contributed by atoms with Crippen molar-refractivity contribution in [2.45, 2.75) is 59.5 Å². The third-order valence-electron chi connectivity index (χ3n) is 4.34. The van der Waals surface area contributed by atoms with E-state index in [0.29, 0.717) is 0 Å². The van der Waals surface area contributed by atoms with Crippen LogP contribution in [0.4, 0.5) is 0 Å². The normalized spacial score (nSPS) is 11.1. The van der Waals surface area contributed by atoms with Gasteiger partial charge in [0.1, 0.15) is 0 Å². The molecule has 0 radical (unpaired) electrons. The topological polar surface area (TPSA) is 20.3 Å². The van der Waals surface area contributed by atoms with Gasteiger partial charge in [-0.1, -0.05) is 42.0 Å². The summed E-state index contributed by atoms with van der Waals surface area (Å²) in [6.07, 6.45) is 1.95. The quantitative estimate of drug-likeness (QED) is 0.729. The molecule has 0 saturated heterocycles. The fourth-order valence-electron chi connectivity index (χ4n) is 3.12. The van der Waals surface area contributed by atoms with Crippen LogP contribution in [0.2, 0.25) is 0 Å². The molecule has 0 bridgehead atoms. The molecule has 2 rings (SSSR count). The summed E-state index contributed by atoms with van der Waals surface area (Å²) in [4.78, 5) is 14.8. The molecule has 2 aromatic carbocycles. The van der Waals surface area contributed by atoms with Gasteiger partial charge in [-0.15, -0.1) is 0 Å². The number of nitrogens with zero attached hydrogens (tertiary/aromatic N) is 1. The van der Waals surface area contributed by atoms with E-state index in [4.69, 9.17) is 0 Å². The molecule has 1 amide bonds. The van der Waals surface area contributed by atoms with Crippen molar-refractivity contribution in [3.8, 4) is 0 Å². The first-order valence-corrected chi connectivity index (χ1v) is 8.85. The zero-order valence-corrected chi connectivity index (χ0v) is 15.5. The summed E-state index contributed by atoms with van der Waals surface area (Å²) in [5, 5.41) is 0. The largest absolute Gasteiger partial charge is 0.334 e. The number of carbonyl (C=O) groups excluding carboxylic acids is 1. The average Bonchev–Trinajstić information content (AvgIpc) is 2.54. The van der Waals surface area contributed by atoms with Crippen LogP contribution >= 0.6 is 0 Å². The molecule has 0 aliphatic rings. The summed E-state index contributed by atoms with van der Waals surface area (Å²) in [7, 11) is 0. The van der Waals surface area contributed by atoms with E-state index in [0.717, 1.165) is 18.4 Å². The SMILES string of the molecule is Cc1ccc(CCc2cccc(C(=O)N(C(C)C)C(C)C)c2)cc1. The summed E-state index contributed by atoms with van der Waals surface area (Å²) in [5.74, 6) is 0.122. The van der Waals surface area contributed by atoms with Gasteiger partial charge >= 0.3 is 0 Å². The predicted molar refractivity (Wildman–Crippen MR) is 101 cm³/mol. The highest BCUT2D eigenvalue weighted by atomic mass is 16.2. The molecule has 2 heteroatoms. The maximum atomic E-state index is 12.8. The van der Waals surface area contributed by atoms with Gasteiger partial charge in [0.05, 0.1) is 0 Å². The molecular formula is C22H29NO. The van der Waals surface area contributed by atoms with Crippen molar-refractivity contribution in [3.05, 3.63) is 70.8 Å². The van der Waals surface area contributed by atoms with Crippen LogP contribution in [0.5, 0.6) is 0 Å². The van der Waals surface area contributed by atoms with Gasteiger partial charge < -0.3 is 4.90 Å². The predicted octanol–water partition coefficient (Wildman–Crippen LogP) is 5.04. The van der Waals surface area contributed by atoms with Crippen molar-refractivity contribution in [2.75, 3.05) is 0 Å². The number of benzene rings is 2. The number of aryl methyl sites for hydroxylation is 3. The first-order valence-electron chi connectivity index (χ1n) is 8.85. The highest BCUT2D eigenvalue weighted by molar-refractivity contribution is 5.94. The van der Waals surface area contributed by atoms with Gasteiger partial charge in [0.15, 0.2) is 0 Å². The fraction of sp³-hybridized carbons (Fsp3) is 0.409. The zero-order valence-electron chi connectivity index (χ0n) is 15.5. The first-order chi connectivity index (χ1) is 11.4. The van der Waals surface area contributed by atoms with Crippen molar-refractivity contribution in [1.29, 1.82) is 0 Å². The Balaban J connectivity index is 2.10. The van der Waals surface area contributed by atoms with E-state index in [1.165, 1.54) is 16.7 Å². The zero-order chi connectivity index (χ0) is 17.7. The molecule has 0 aromatic heterocycles. The summed E-state index contributed by atoms with van der Waals surface area (Å²) in [5.41, 5.74) is 4.63. The number of hydrogen-bond acceptors (Lipinski definition) is 1. The lowest BCUT2D eigenvalue weighted by atomic mass is 10.0. The minimum atomic E-state index is 0.122. The molecule has 0 atom stereocenters. The molecule has 0 N–H and O–H groups in total. The number of rotatable bonds is 6. The van der Waals surface area contributed by atoms with E-state index >= 15 is 0 Å². The lowest BCUT2D eigenvalue weighted by Gasteiger charge is -2.31. The maximum Gasteiger partial charge on any atom is 0.254 e. The van der Waals surface area contributed by atoms with Crippen molar-refractivity contribution < 1.29 is 4.79 Å². The van der Waals surface area contributed by atoms with Gasteiger partial charge in [-0.3, -0.25) is 4.79 Å². The lowest BCUT2D eigenvalue weighted by Crippen LogP contribution is -2.42. The van der Waals surface area contributed by atoms with Crippen molar-refractivity contribution in [2.24, 2.45) is 0 Å². The second kappa shape index (κ2) is 8.14. The van der Waals surface area contributed by atoms with Crippen LogP contribution < -0.4 is 0 Å². The molecule has 0 aliphatic carbocycles. The highest BCUT2D eigenvalue weighted by Gasteiger charge is 2.21. The van der Waals surface area contributed by atoms with E-state index in [9.17, 15) is 4.79 Å². The summed E-state index contributed by atoms with van der Waals surface area (Å²) >= 11 is 0. The van der Waals surface area contributed by atoms with E-state index in [1.54, 1.807) is 0 Å². The molecule has 0 heterocycles. The molecule has 0 spiro atoms. The third kappa shape index (κ3) is 4.70. The number of hydrogen-bond donors (Lipinski definition) is 0. The summed E-state index contributed by atoms with van der Waals surface area (Å²) in [6, 6.07) is 17.2. The maximum absolute atomic E-state index is 12.8. The van der Waals surface area contributed by atoms with Gasteiger partial charge in [0.25, 0.3) is 5.91 Å². The second-order valence-corrected chi connectivity index (χ2v) is 7.09. The van der Waals surface area contributed by atoms with Crippen LogP contribution in [0.3, 0.4) is 0 Å². The summed E-state index contributed by atoms with van der Waals surface area (Å²) < 4.78 is 0. The fourth-order valence-corrected chi connectivity index (χ4v) is 3.12. The van der Waals surface area contributed by atoms with E-state index in [1.807, 2.05) is 23.1 Å². The molecule has 128 valence electrons. The van der Waals surface area contributed by atoms with Crippen LogP contribution in [-0.4, -0.2) is 22.9 Å². The van der Waals surface area contributed by atoms with Gasteiger partial charge in [-0.2, -0.15) is 0 Å². The number of carbonyl (C=O) groups is 1. The Hall–Kier alpha value is -2.09. The number of amides is 1. The minimum Gasteiger partial charge on any atom is -0.334 e. The van der Waals surface area contributed by atoms with E-state index < -0.39 is 0 Å². The molecule has 0 fully saturated rings. The van der Waals surface area contributed by atoms with E-state index in [2.05, 4.69) is 65.0 Å². The monoisotopic (exact) mass is 323 g/mol. The van der Waals surface area contributed by atoms with Crippen LogP contribution in [0, 0.1) is 6.92 Å². The summed E-state index contributed by atoms with van der Waals surface area (Å²) in [6.45, 7) is 10.4. The Bertz CT molecular complexity index is 663. The molecule has 0 aliphatic heterocycles. The van der Waals surface area contributed by atoms with Gasteiger partial charge in [0.2, 0.25) is 0 Å². The molecule has 0 saturated carbocycles. The third-order valence-corrected chi connectivity index (χ3v) is 4.34. The Morgan fingerprint density at radius 1 is 0.875 bits per heavy atom. The Labute approximate surface area is 146 Å². The van der Waals surface area contributed by atoms with Gasteiger partial charge in [0, 0.05) is 17.6 Å². The lowest BCUT2D eigenvalue weighted by molar-refractivity contribution is 0.0643. The van der Waals surface area contributed by atoms with Crippen molar-refractivity contribution in [3.63, 3.8) is 0 Å². The smallest absolute Gasteiger partial charge is 0.254 e. The van der Waals surface area contributed by atoms with Crippen LogP contribution in [0.25, 0.3) is 0 Å². The van der Waals surface area contributed by atoms with Crippen LogP contribution in [-0.2, 0) is 12.8 Å². The van der Waals surface area contributed by atoms with Crippen LogP contribution in [0.15, 0.2) is 48.5 Å². The van der Waals surface area contributed by atoms with E-state index in [-0.39, 0.29) is 18.0 Å². The Morgan fingerprint density at radius 3 is 2.04 bits per heavy atom. The van der Waals surface area contributed by atoms with Crippen LogP contribution in [0.1, 0.15) is 54.7 Å². The Kier molecular flexibility index (Phi) is 6.19. The molecule has 2 nitrogen and oxygen atoms in total. The molecule has 2 aromatic rings. The average molecular weight is 323 g/mol. The first kappa shape index (κ1) is 18.3. The minimum absolute atomic E-state index is 0.122. The van der Waals surface area contributed by atoms with Crippen molar-refractivity contribution >= 4 is 5.91 Å². The molecule has 24 heavy (non-hydrogen) atoms. The van der Waals surface area contributed by atoms with Gasteiger partial charge in [-0.25, -0.2) is 0 Å². The van der Waals surface area contributed by atoms with Gasteiger partial charge in [-0.05, 0) is 70.7 Å². The highest BCUT2D eigenvalue weighted by Crippen LogP contribution is 2.15. The molecular weight excluding hydrogens is 294 g/mol. The Morgan fingerprint density at radius 2 is 1.46 bits per heavy atom. The molecule has 0 unspecified atom stereocenters. The standard InChI is InChI=1S/C22H29NO/c1-16(2)23(17(3)4)22(24)21-8-6-7-20(15-21)14-13-19-11-9-18(5)10-12-19/h6-12,15-17H,13-14H2,1-5H3.